The molecular formula is C12H16Br2FN. The fourth-order valence-electron chi connectivity index (χ4n) is 1.37. The first-order valence-electron chi connectivity index (χ1n) is 5.28. The molecule has 0 aliphatic rings. The van der Waals surface area contributed by atoms with Crippen LogP contribution in [0, 0.1) is 11.7 Å². The van der Waals surface area contributed by atoms with Crippen molar-refractivity contribution in [2.45, 2.75) is 26.4 Å². The number of rotatable bonds is 5. The largest absolute Gasteiger partial charge is 0.309 e. The van der Waals surface area contributed by atoms with E-state index >= 15 is 0 Å². The first kappa shape index (κ1) is 14.1. The smallest absolute Gasteiger partial charge is 0.124 e. The van der Waals surface area contributed by atoms with E-state index in [0.29, 0.717) is 12.0 Å². The van der Waals surface area contributed by atoms with E-state index in [1.165, 1.54) is 12.1 Å². The molecule has 0 saturated carbocycles. The van der Waals surface area contributed by atoms with Crippen molar-refractivity contribution in [2.24, 2.45) is 5.92 Å². The molecule has 0 amide bonds. The highest BCUT2D eigenvalue weighted by Gasteiger charge is 2.11. The van der Waals surface area contributed by atoms with Gasteiger partial charge >= 0.3 is 0 Å². The lowest BCUT2D eigenvalue weighted by Gasteiger charge is -2.20. The fraction of sp³-hybridized carbons (Fsp3) is 0.500. The number of hydrogen-bond acceptors (Lipinski definition) is 1. The van der Waals surface area contributed by atoms with Crippen LogP contribution in [0.4, 0.5) is 4.39 Å². The normalized spacial score (nSPS) is 13.1. The van der Waals surface area contributed by atoms with Crippen molar-refractivity contribution in [3.05, 3.63) is 34.1 Å². The Bertz CT molecular complexity index is 342. The molecule has 0 bridgehead atoms. The molecule has 0 saturated heterocycles. The number of nitrogens with one attached hydrogen (secondary N) is 1. The number of benzene rings is 1. The summed E-state index contributed by atoms with van der Waals surface area (Å²) in [5.74, 6) is 0.357. The van der Waals surface area contributed by atoms with Gasteiger partial charge in [-0.1, -0.05) is 51.8 Å². The average molecular weight is 353 g/mol. The third-order valence-corrected chi connectivity index (χ3v) is 3.98. The van der Waals surface area contributed by atoms with Gasteiger partial charge in [0, 0.05) is 22.4 Å². The summed E-state index contributed by atoms with van der Waals surface area (Å²) >= 11 is 6.85. The van der Waals surface area contributed by atoms with Gasteiger partial charge in [-0.05, 0) is 23.6 Å². The fourth-order valence-corrected chi connectivity index (χ4v) is 2.84. The van der Waals surface area contributed by atoms with Crippen molar-refractivity contribution in [2.75, 3.05) is 5.33 Å². The van der Waals surface area contributed by atoms with Crippen molar-refractivity contribution in [3.63, 3.8) is 0 Å². The standard InChI is InChI=1S/C12H16Br2FN/c1-8(2)12(6-13)16-7-9-3-4-10(15)5-11(9)14/h3-5,8,12,16H,6-7H2,1-2H3. The van der Waals surface area contributed by atoms with E-state index in [2.05, 4.69) is 51.0 Å². The molecule has 1 nitrogen and oxygen atoms in total. The molecule has 1 atom stereocenters. The van der Waals surface area contributed by atoms with E-state index in [4.69, 9.17) is 0 Å². The zero-order valence-corrected chi connectivity index (χ0v) is 12.6. The Morgan fingerprint density at radius 3 is 2.56 bits per heavy atom. The molecule has 4 heteroatoms. The van der Waals surface area contributed by atoms with Gasteiger partial charge in [0.05, 0.1) is 0 Å². The van der Waals surface area contributed by atoms with E-state index in [-0.39, 0.29) is 5.82 Å². The van der Waals surface area contributed by atoms with Crippen molar-refractivity contribution in [1.82, 2.24) is 5.32 Å². The lowest BCUT2D eigenvalue weighted by molar-refractivity contribution is 0.433. The molecule has 1 unspecified atom stereocenters. The number of hydrogen-bond donors (Lipinski definition) is 1. The van der Waals surface area contributed by atoms with Gasteiger partial charge in [-0.2, -0.15) is 0 Å². The maximum Gasteiger partial charge on any atom is 0.124 e. The predicted octanol–water partition coefficient (Wildman–Crippen LogP) is 4.10. The third-order valence-electron chi connectivity index (χ3n) is 2.54. The molecule has 1 N–H and O–H groups in total. The van der Waals surface area contributed by atoms with Crippen LogP contribution >= 0.6 is 31.9 Å². The number of alkyl halides is 1. The van der Waals surface area contributed by atoms with Gasteiger partial charge in [-0.3, -0.25) is 0 Å². The maximum atomic E-state index is 12.9. The zero-order valence-electron chi connectivity index (χ0n) is 9.43. The van der Waals surface area contributed by atoms with E-state index in [1.807, 2.05) is 0 Å². The molecule has 0 spiro atoms. The lowest BCUT2D eigenvalue weighted by Crippen LogP contribution is -2.34. The zero-order chi connectivity index (χ0) is 12.1. The van der Waals surface area contributed by atoms with Crippen molar-refractivity contribution in [3.8, 4) is 0 Å². The molecule has 0 radical (unpaired) electrons. The van der Waals surface area contributed by atoms with Gasteiger partial charge in [-0.25, -0.2) is 4.39 Å². The summed E-state index contributed by atoms with van der Waals surface area (Å²) in [5, 5.41) is 4.37. The van der Waals surface area contributed by atoms with E-state index in [1.54, 1.807) is 6.07 Å². The van der Waals surface area contributed by atoms with Crippen molar-refractivity contribution >= 4 is 31.9 Å². The minimum Gasteiger partial charge on any atom is -0.309 e. The van der Waals surface area contributed by atoms with Gasteiger partial charge in [0.25, 0.3) is 0 Å². The van der Waals surface area contributed by atoms with Gasteiger partial charge in [0.2, 0.25) is 0 Å². The minimum absolute atomic E-state index is 0.212. The van der Waals surface area contributed by atoms with Crippen LogP contribution < -0.4 is 5.32 Å². The van der Waals surface area contributed by atoms with Crippen LogP contribution in [0.25, 0.3) is 0 Å². The summed E-state index contributed by atoms with van der Waals surface area (Å²) in [5.41, 5.74) is 1.08. The summed E-state index contributed by atoms with van der Waals surface area (Å²) in [6, 6.07) is 5.21. The highest BCUT2D eigenvalue weighted by molar-refractivity contribution is 9.10. The summed E-state index contributed by atoms with van der Waals surface area (Å²) in [4.78, 5) is 0. The van der Waals surface area contributed by atoms with E-state index in [9.17, 15) is 4.39 Å². The topological polar surface area (TPSA) is 12.0 Å². The molecule has 0 aliphatic carbocycles. The monoisotopic (exact) mass is 351 g/mol. The Hall–Kier alpha value is 0.0700. The molecule has 0 aliphatic heterocycles. The second kappa shape index (κ2) is 6.72. The molecule has 1 aromatic rings. The van der Waals surface area contributed by atoms with E-state index < -0.39 is 0 Å². The van der Waals surface area contributed by atoms with E-state index in [0.717, 1.165) is 21.9 Å². The van der Waals surface area contributed by atoms with Crippen LogP contribution in [-0.4, -0.2) is 11.4 Å². The average Bonchev–Trinajstić information content (AvgIpc) is 2.21. The highest BCUT2D eigenvalue weighted by Crippen LogP contribution is 2.18. The molecular weight excluding hydrogens is 337 g/mol. The molecule has 0 fully saturated rings. The molecule has 1 rings (SSSR count). The molecule has 16 heavy (non-hydrogen) atoms. The Balaban J connectivity index is 2.60. The Morgan fingerprint density at radius 1 is 1.38 bits per heavy atom. The first-order chi connectivity index (χ1) is 7.54. The Kier molecular flexibility index (Phi) is 5.94. The summed E-state index contributed by atoms with van der Waals surface area (Å²) < 4.78 is 13.7. The van der Waals surface area contributed by atoms with Gasteiger partial charge in [0.1, 0.15) is 5.82 Å². The van der Waals surface area contributed by atoms with Crippen LogP contribution in [0.3, 0.4) is 0 Å². The predicted molar refractivity (Wildman–Crippen MR) is 73.4 cm³/mol. The summed E-state index contributed by atoms with van der Waals surface area (Å²) in [6.45, 7) is 5.10. The van der Waals surface area contributed by atoms with Crippen LogP contribution in [0.1, 0.15) is 19.4 Å². The van der Waals surface area contributed by atoms with Crippen molar-refractivity contribution < 1.29 is 4.39 Å². The Labute approximate surface area is 113 Å². The molecule has 0 heterocycles. The van der Waals surface area contributed by atoms with Gasteiger partial charge < -0.3 is 5.32 Å². The van der Waals surface area contributed by atoms with Crippen LogP contribution in [0.15, 0.2) is 22.7 Å². The third kappa shape index (κ3) is 4.15. The van der Waals surface area contributed by atoms with Crippen LogP contribution in [0.5, 0.6) is 0 Å². The number of halogens is 3. The van der Waals surface area contributed by atoms with Gasteiger partial charge in [-0.15, -0.1) is 0 Å². The SMILES string of the molecule is CC(C)C(CBr)NCc1ccc(F)cc1Br. The minimum atomic E-state index is -0.212. The highest BCUT2D eigenvalue weighted by atomic mass is 79.9. The maximum absolute atomic E-state index is 12.9. The van der Waals surface area contributed by atoms with Crippen LogP contribution in [0.2, 0.25) is 0 Å². The second-order valence-corrected chi connectivity index (χ2v) is 5.62. The second-order valence-electron chi connectivity index (χ2n) is 4.12. The Morgan fingerprint density at radius 2 is 2.06 bits per heavy atom. The molecule has 90 valence electrons. The summed E-state index contributed by atoms with van der Waals surface area (Å²) in [7, 11) is 0. The van der Waals surface area contributed by atoms with Crippen molar-refractivity contribution in [1.29, 1.82) is 0 Å². The lowest BCUT2D eigenvalue weighted by atomic mass is 10.1. The van der Waals surface area contributed by atoms with Crippen LogP contribution in [-0.2, 0) is 6.54 Å². The van der Waals surface area contributed by atoms with Gasteiger partial charge in [0.15, 0.2) is 0 Å². The quantitative estimate of drug-likeness (QED) is 0.787. The molecule has 0 aromatic heterocycles. The summed E-state index contributed by atoms with van der Waals surface area (Å²) in [6.07, 6.45) is 0. The molecule has 1 aromatic carbocycles. The first-order valence-corrected chi connectivity index (χ1v) is 7.19.